The fourth-order valence-electron chi connectivity index (χ4n) is 2.92. The van der Waals surface area contributed by atoms with Crippen molar-refractivity contribution < 1.29 is 14.3 Å². The maximum absolute atomic E-state index is 12.5. The molecular formula is C21H32N2O3. The van der Waals surface area contributed by atoms with Gasteiger partial charge in [0.2, 0.25) is 0 Å². The van der Waals surface area contributed by atoms with Gasteiger partial charge in [-0.25, -0.2) is 4.79 Å². The van der Waals surface area contributed by atoms with Crippen molar-refractivity contribution in [2.24, 2.45) is 0 Å². The summed E-state index contributed by atoms with van der Waals surface area (Å²) < 4.78 is 11.5. The van der Waals surface area contributed by atoms with E-state index >= 15 is 0 Å². The fourth-order valence-corrected chi connectivity index (χ4v) is 2.92. The molecule has 2 atom stereocenters. The number of carbonyl (C=O) groups excluding carboxylic acids is 1. The van der Waals surface area contributed by atoms with Crippen LogP contribution < -0.4 is 5.32 Å². The molecule has 1 fully saturated rings. The number of nitrogens with zero attached hydrogens (tertiary/aromatic N) is 1. The number of rotatable bonds is 6. The lowest BCUT2D eigenvalue weighted by atomic mass is 10.0. The number of allylic oxidation sites excluding steroid dienone is 1. The van der Waals surface area contributed by atoms with Crippen molar-refractivity contribution in [2.75, 3.05) is 13.2 Å². The number of hydrogen-bond donors (Lipinski definition) is 1. The Morgan fingerprint density at radius 3 is 2.69 bits per heavy atom. The third kappa shape index (κ3) is 6.81. The van der Waals surface area contributed by atoms with Crippen molar-refractivity contribution in [1.82, 2.24) is 10.2 Å². The van der Waals surface area contributed by atoms with Gasteiger partial charge in [-0.15, -0.1) is 0 Å². The zero-order chi connectivity index (χ0) is 19.0. The molecule has 0 radical (unpaired) electrons. The molecule has 144 valence electrons. The van der Waals surface area contributed by atoms with Crippen LogP contribution in [0.1, 0.15) is 46.1 Å². The number of amides is 1. The van der Waals surface area contributed by atoms with Gasteiger partial charge in [0, 0.05) is 25.6 Å². The molecule has 1 N–H and O–H groups in total. The van der Waals surface area contributed by atoms with Gasteiger partial charge in [0.05, 0.1) is 6.61 Å². The molecule has 1 aromatic carbocycles. The van der Waals surface area contributed by atoms with Gasteiger partial charge in [-0.2, -0.15) is 0 Å². The van der Waals surface area contributed by atoms with Crippen molar-refractivity contribution >= 4 is 6.09 Å². The summed E-state index contributed by atoms with van der Waals surface area (Å²) >= 11 is 0. The molecule has 26 heavy (non-hydrogen) atoms. The smallest absolute Gasteiger partial charge is 0.412 e. The third-order valence-corrected chi connectivity index (χ3v) is 4.24. The molecule has 0 spiro atoms. The number of benzene rings is 1. The Kier molecular flexibility index (Phi) is 7.66. The molecule has 5 heteroatoms. The van der Waals surface area contributed by atoms with E-state index in [1.54, 1.807) is 4.90 Å². The summed E-state index contributed by atoms with van der Waals surface area (Å²) in [5.74, 6) is 0. The largest absolute Gasteiger partial charge is 0.444 e. The van der Waals surface area contributed by atoms with E-state index in [0.29, 0.717) is 19.2 Å². The van der Waals surface area contributed by atoms with Crippen molar-refractivity contribution in [2.45, 2.75) is 65.0 Å². The van der Waals surface area contributed by atoms with Crippen molar-refractivity contribution in [3.63, 3.8) is 0 Å². The third-order valence-electron chi connectivity index (χ3n) is 4.24. The Hall–Kier alpha value is -1.85. The lowest BCUT2D eigenvalue weighted by Crippen LogP contribution is -2.53. The Labute approximate surface area is 157 Å². The number of hydrogen-bond acceptors (Lipinski definition) is 4. The van der Waals surface area contributed by atoms with E-state index in [0.717, 1.165) is 19.4 Å². The predicted octanol–water partition coefficient (Wildman–Crippen LogP) is 4.09. The highest BCUT2D eigenvalue weighted by Crippen LogP contribution is 2.22. The number of ether oxygens (including phenoxy) is 2. The molecule has 0 bridgehead atoms. The van der Waals surface area contributed by atoms with Crippen molar-refractivity contribution in [3.8, 4) is 0 Å². The van der Waals surface area contributed by atoms with Crippen LogP contribution in [0.2, 0.25) is 0 Å². The van der Waals surface area contributed by atoms with Crippen LogP contribution in [0.25, 0.3) is 0 Å². The van der Waals surface area contributed by atoms with Gasteiger partial charge in [0.1, 0.15) is 11.8 Å². The maximum atomic E-state index is 12.5. The summed E-state index contributed by atoms with van der Waals surface area (Å²) in [4.78, 5) is 14.2. The predicted molar refractivity (Wildman–Crippen MR) is 104 cm³/mol. The van der Waals surface area contributed by atoms with Crippen molar-refractivity contribution in [1.29, 1.82) is 0 Å². The summed E-state index contributed by atoms with van der Waals surface area (Å²) in [6.45, 7) is 9.55. The maximum Gasteiger partial charge on any atom is 0.412 e. The van der Waals surface area contributed by atoms with Crippen LogP contribution in [-0.4, -0.2) is 42.0 Å². The molecule has 1 saturated heterocycles. The SMILES string of the molecule is C/C=C/CO[C@@H]1C[C@H](NCc2ccccc2)CCN1C(=O)OC(C)(C)C. The molecule has 1 amide bonds. The molecule has 1 aromatic rings. The van der Waals surface area contributed by atoms with E-state index in [1.165, 1.54) is 5.56 Å². The molecule has 0 aromatic heterocycles. The summed E-state index contributed by atoms with van der Waals surface area (Å²) in [5.41, 5.74) is 0.751. The molecule has 0 aliphatic carbocycles. The highest BCUT2D eigenvalue weighted by atomic mass is 16.6. The zero-order valence-corrected chi connectivity index (χ0v) is 16.4. The Balaban J connectivity index is 1.95. The summed E-state index contributed by atoms with van der Waals surface area (Å²) in [6, 6.07) is 10.7. The van der Waals surface area contributed by atoms with Crippen LogP contribution >= 0.6 is 0 Å². The normalized spacial score (nSPS) is 21.2. The minimum absolute atomic E-state index is 0.275. The first-order valence-electron chi connectivity index (χ1n) is 9.38. The zero-order valence-electron chi connectivity index (χ0n) is 16.4. The van der Waals surface area contributed by atoms with Crippen LogP contribution in [0, 0.1) is 0 Å². The van der Waals surface area contributed by atoms with Gasteiger partial charge >= 0.3 is 6.09 Å². The highest BCUT2D eigenvalue weighted by Gasteiger charge is 2.34. The van der Waals surface area contributed by atoms with Crippen LogP contribution in [0.3, 0.4) is 0 Å². The number of nitrogens with one attached hydrogen (secondary N) is 1. The van der Waals surface area contributed by atoms with E-state index in [1.807, 2.05) is 58.0 Å². The second-order valence-corrected chi connectivity index (χ2v) is 7.62. The summed E-state index contributed by atoms with van der Waals surface area (Å²) in [7, 11) is 0. The molecule has 1 aliphatic heterocycles. The number of likely N-dealkylation sites (tertiary alicyclic amines) is 1. The van der Waals surface area contributed by atoms with Gasteiger partial charge in [-0.3, -0.25) is 4.90 Å². The summed E-state index contributed by atoms with van der Waals surface area (Å²) in [6.07, 6.45) is 4.96. The first-order valence-corrected chi connectivity index (χ1v) is 9.38. The average molecular weight is 360 g/mol. The van der Waals surface area contributed by atoms with Crippen LogP contribution in [0.4, 0.5) is 4.79 Å². The molecule has 2 rings (SSSR count). The van der Waals surface area contributed by atoms with Gasteiger partial charge in [0.15, 0.2) is 0 Å². The average Bonchev–Trinajstić information content (AvgIpc) is 2.60. The molecular weight excluding hydrogens is 328 g/mol. The van der Waals surface area contributed by atoms with E-state index in [4.69, 9.17) is 9.47 Å². The van der Waals surface area contributed by atoms with Crippen molar-refractivity contribution in [3.05, 3.63) is 48.0 Å². The van der Waals surface area contributed by atoms with Gasteiger partial charge in [0.25, 0.3) is 0 Å². The second-order valence-electron chi connectivity index (χ2n) is 7.62. The minimum Gasteiger partial charge on any atom is -0.444 e. The second kappa shape index (κ2) is 9.74. The standard InChI is InChI=1S/C21H32N2O3/c1-5-6-14-25-19-15-18(22-16-17-10-8-7-9-11-17)12-13-23(19)20(24)26-21(2,3)4/h5-11,18-19,22H,12-16H2,1-4H3/b6-5+/t18-,19-/m1/s1. The van der Waals surface area contributed by atoms with E-state index in [-0.39, 0.29) is 12.3 Å². The Bertz CT molecular complexity index is 581. The monoisotopic (exact) mass is 360 g/mol. The van der Waals surface area contributed by atoms with Gasteiger partial charge in [-0.1, -0.05) is 42.5 Å². The van der Waals surface area contributed by atoms with Crippen LogP contribution in [0.5, 0.6) is 0 Å². The van der Waals surface area contributed by atoms with Gasteiger partial charge < -0.3 is 14.8 Å². The highest BCUT2D eigenvalue weighted by molar-refractivity contribution is 5.68. The molecule has 1 heterocycles. The fraction of sp³-hybridized carbons (Fsp3) is 0.571. The molecule has 1 aliphatic rings. The first-order chi connectivity index (χ1) is 12.4. The van der Waals surface area contributed by atoms with Gasteiger partial charge in [-0.05, 0) is 39.7 Å². The van der Waals surface area contributed by atoms with Crippen LogP contribution in [-0.2, 0) is 16.0 Å². The molecule has 0 unspecified atom stereocenters. The minimum atomic E-state index is -0.507. The first kappa shape index (κ1) is 20.5. The van der Waals surface area contributed by atoms with E-state index in [9.17, 15) is 4.79 Å². The molecule has 5 nitrogen and oxygen atoms in total. The lowest BCUT2D eigenvalue weighted by Gasteiger charge is -2.39. The topological polar surface area (TPSA) is 50.8 Å². The number of carbonyl (C=O) groups is 1. The quantitative estimate of drug-likeness (QED) is 0.776. The summed E-state index contributed by atoms with van der Waals surface area (Å²) in [5, 5.41) is 3.59. The molecule has 0 saturated carbocycles. The Morgan fingerprint density at radius 1 is 1.31 bits per heavy atom. The van der Waals surface area contributed by atoms with Crippen LogP contribution in [0.15, 0.2) is 42.5 Å². The lowest BCUT2D eigenvalue weighted by molar-refractivity contribution is -0.0813. The van der Waals surface area contributed by atoms with E-state index in [2.05, 4.69) is 17.4 Å². The van der Waals surface area contributed by atoms with E-state index < -0.39 is 5.60 Å². The Morgan fingerprint density at radius 2 is 2.04 bits per heavy atom. The number of piperidine rings is 1.